The number of hydrogen-bond acceptors (Lipinski definition) is 3. The molecule has 0 saturated heterocycles. The molecule has 0 fully saturated rings. The Morgan fingerprint density at radius 2 is 1.85 bits per heavy atom. The largest absolute Gasteiger partial charge is 0.293 e. The second-order valence-electron chi connectivity index (χ2n) is 2.35. The number of allylic oxidation sites excluding steroid dienone is 5. The molecule has 1 rings (SSSR count). The summed E-state index contributed by atoms with van der Waals surface area (Å²) in [4.78, 5) is 18.6. The second kappa shape index (κ2) is 5.83. The van der Waals surface area contributed by atoms with Crippen LogP contribution < -0.4 is 0 Å². The fourth-order valence-electron chi connectivity index (χ4n) is 0.724. The number of carbonyl (C=O) groups excluding carboxylic acids is 1. The maximum absolute atomic E-state index is 11.0. The number of carbonyl (C=O) groups is 1. The van der Waals surface area contributed by atoms with E-state index < -0.39 is 0 Å². The summed E-state index contributed by atoms with van der Waals surface area (Å²) in [7, 11) is 0. The number of aliphatic imine (C=N–C) groups is 2. The van der Waals surface area contributed by atoms with Gasteiger partial charge in [-0.2, -0.15) is 0 Å². The van der Waals surface area contributed by atoms with Gasteiger partial charge in [-0.15, -0.1) is 0 Å². The van der Waals surface area contributed by atoms with E-state index in [1.165, 1.54) is 12.4 Å². The van der Waals surface area contributed by atoms with Crippen molar-refractivity contribution in [1.29, 1.82) is 0 Å². The smallest absolute Gasteiger partial charge is 0.177 e. The van der Waals surface area contributed by atoms with Gasteiger partial charge < -0.3 is 0 Å². The molecule has 13 heavy (non-hydrogen) atoms. The van der Waals surface area contributed by atoms with Crippen LogP contribution in [-0.4, -0.2) is 24.9 Å². The minimum Gasteiger partial charge on any atom is -0.293 e. The van der Waals surface area contributed by atoms with E-state index in [2.05, 4.69) is 9.98 Å². The van der Waals surface area contributed by atoms with E-state index in [0.29, 0.717) is 0 Å². The Morgan fingerprint density at radius 1 is 1.08 bits per heavy atom. The maximum atomic E-state index is 11.0. The second-order valence-corrected chi connectivity index (χ2v) is 2.35. The lowest BCUT2D eigenvalue weighted by molar-refractivity contribution is -0.113. The molecule has 0 aromatic carbocycles. The van der Waals surface area contributed by atoms with E-state index in [0.717, 1.165) is 0 Å². The van der Waals surface area contributed by atoms with Crippen LogP contribution in [0.3, 0.4) is 0 Å². The normalized spacial score (nSPS) is 17.1. The van der Waals surface area contributed by atoms with Crippen molar-refractivity contribution in [3.05, 3.63) is 36.5 Å². The Bertz CT molecular complexity index is 309. The third kappa shape index (κ3) is 4.63. The molecule has 1 aliphatic heterocycles. The molecular formula is C10H10N2O. The number of hydrogen-bond donors (Lipinski definition) is 0. The molecule has 3 nitrogen and oxygen atoms in total. The zero-order valence-corrected chi connectivity index (χ0v) is 7.13. The summed E-state index contributed by atoms with van der Waals surface area (Å²) in [6, 6.07) is 0. The zero-order valence-electron chi connectivity index (χ0n) is 7.13. The lowest BCUT2D eigenvalue weighted by atomic mass is 10.3. The van der Waals surface area contributed by atoms with Crippen molar-refractivity contribution in [3.63, 3.8) is 0 Å². The fourth-order valence-corrected chi connectivity index (χ4v) is 0.724. The van der Waals surface area contributed by atoms with Crippen molar-refractivity contribution in [1.82, 2.24) is 0 Å². The first-order valence-corrected chi connectivity index (χ1v) is 3.94. The van der Waals surface area contributed by atoms with Crippen LogP contribution in [-0.2, 0) is 4.79 Å². The Balaban J connectivity index is 2.70. The van der Waals surface area contributed by atoms with Gasteiger partial charge in [0.05, 0.1) is 0 Å². The van der Waals surface area contributed by atoms with Gasteiger partial charge in [-0.05, 0) is 12.2 Å². The molecule has 0 unspecified atom stereocenters. The molecule has 1 aliphatic rings. The molecule has 0 atom stereocenters. The van der Waals surface area contributed by atoms with Gasteiger partial charge in [-0.1, -0.05) is 24.3 Å². The summed E-state index contributed by atoms with van der Waals surface area (Å²) in [5, 5.41) is 0. The third-order valence-corrected chi connectivity index (χ3v) is 1.29. The molecule has 0 saturated carbocycles. The summed E-state index contributed by atoms with van der Waals surface area (Å²) in [5.41, 5.74) is 0. The minimum absolute atomic E-state index is 0.0272. The Morgan fingerprint density at radius 3 is 2.77 bits per heavy atom. The van der Waals surface area contributed by atoms with Crippen molar-refractivity contribution in [2.24, 2.45) is 9.98 Å². The van der Waals surface area contributed by atoms with Crippen LogP contribution in [0.25, 0.3) is 0 Å². The van der Waals surface area contributed by atoms with E-state index in [4.69, 9.17) is 0 Å². The standard InChI is InChI=1S/C10H10N2O/c13-10-6-4-2-1-3-5-7-11-9-12-8-10/h1-7,9H,8H2. The topological polar surface area (TPSA) is 41.8 Å². The number of rotatable bonds is 0. The van der Waals surface area contributed by atoms with Crippen LogP contribution >= 0.6 is 0 Å². The van der Waals surface area contributed by atoms with Gasteiger partial charge >= 0.3 is 0 Å². The average molecular weight is 174 g/mol. The Hall–Kier alpha value is -1.77. The highest BCUT2D eigenvalue weighted by Crippen LogP contribution is 1.84. The number of ketones is 1. The average Bonchev–Trinajstić information content (AvgIpc) is 2.11. The van der Waals surface area contributed by atoms with Crippen LogP contribution in [0.2, 0.25) is 0 Å². The van der Waals surface area contributed by atoms with Crippen LogP contribution in [0, 0.1) is 0 Å². The lowest BCUT2D eigenvalue weighted by Crippen LogP contribution is -1.96. The first-order chi connectivity index (χ1) is 6.39. The first kappa shape index (κ1) is 9.32. The van der Waals surface area contributed by atoms with Crippen molar-refractivity contribution in [2.45, 2.75) is 0 Å². The maximum Gasteiger partial charge on any atom is 0.177 e. The molecule has 0 aromatic rings. The molecule has 3 heteroatoms. The summed E-state index contributed by atoms with van der Waals surface area (Å²) < 4.78 is 0. The molecule has 0 spiro atoms. The van der Waals surface area contributed by atoms with Gasteiger partial charge in [-0.25, -0.2) is 4.99 Å². The van der Waals surface area contributed by atoms with E-state index in [-0.39, 0.29) is 12.3 Å². The highest BCUT2D eigenvalue weighted by molar-refractivity contribution is 5.92. The quantitative estimate of drug-likeness (QED) is 0.546. The van der Waals surface area contributed by atoms with Crippen LogP contribution in [0.1, 0.15) is 0 Å². The molecular weight excluding hydrogens is 164 g/mol. The minimum atomic E-state index is -0.0272. The van der Waals surface area contributed by atoms with Crippen molar-refractivity contribution >= 4 is 18.3 Å². The summed E-state index contributed by atoms with van der Waals surface area (Å²) in [5.74, 6) is -0.0272. The lowest BCUT2D eigenvalue weighted by Gasteiger charge is -1.85. The van der Waals surface area contributed by atoms with Crippen LogP contribution in [0.15, 0.2) is 46.4 Å². The third-order valence-electron chi connectivity index (χ3n) is 1.29. The molecule has 0 bridgehead atoms. The van der Waals surface area contributed by atoms with E-state index in [1.807, 2.05) is 12.2 Å². The number of nitrogens with zero attached hydrogens (tertiary/aromatic N) is 2. The summed E-state index contributed by atoms with van der Waals surface area (Å²) in [6.07, 6.45) is 13.4. The predicted molar refractivity (Wildman–Crippen MR) is 54.3 cm³/mol. The molecule has 0 radical (unpaired) electrons. The molecule has 66 valence electrons. The predicted octanol–water partition coefficient (Wildman–Crippen LogP) is 1.34. The van der Waals surface area contributed by atoms with Crippen molar-refractivity contribution in [3.8, 4) is 0 Å². The van der Waals surface area contributed by atoms with Gasteiger partial charge in [0.1, 0.15) is 12.9 Å². The van der Waals surface area contributed by atoms with Gasteiger partial charge in [0.25, 0.3) is 0 Å². The van der Waals surface area contributed by atoms with Gasteiger partial charge in [-0.3, -0.25) is 9.79 Å². The summed E-state index contributed by atoms with van der Waals surface area (Å²) >= 11 is 0. The first-order valence-electron chi connectivity index (χ1n) is 3.94. The van der Waals surface area contributed by atoms with E-state index in [1.54, 1.807) is 24.4 Å². The van der Waals surface area contributed by atoms with Gasteiger partial charge in [0, 0.05) is 6.21 Å². The highest BCUT2D eigenvalue weighted by atomic mass is 16.1. The Labute approximate surface area is 76.9 Å². The van der Waals surface area contributed by atoms with Gasteiger partial charge in [0.2, 0.25) is 0 Å². The van der Waals surface area contributed by atoms with E-state index in [9.17, 15) is 4.79 Å². The highest BCUT2D eigenvalue weighted by Gasteiger charge is 1.90. The van der Waals surface area contributed by atoms with Crippen molar-refractivity contribution in [2.75, 3.05) is 6.54 Å². The van der Waals surface area contributed by atoms with Gasteiger partial charge in [0.15, 0.2) is 5.78 Å². The molecule has 0 aromatic heterocycles. The fraction of sp³-hybridized carbons (Fsp3) is 0.100. The molecule has 0 N–H and O–H groups in total. The molecule has 0 aliphatic carbocycles. The SMILES string of the molecule is O=C1C=CC=CC=CC=NC=NC1. The summed E-state index contributed by atoms with van der Waals surface area (Å²) in [6.45, 7) is 0.158. The van der Waals surface area contributed by atoms with Crippen LogP contribution in [0.5, 0.6) is 0 Å². The van der Waals surface area contributed by atoms with E-state index >= 15 is 0 Å². The Kier molecular flexibility index (Phi) is 4.18. The zero-order chi connectivity index (χ0) is 9.36. The molecule has 1 heterocycles. The monoisotopic (exact) mass is 174 g/mol. The van der Waals surface area contributed by atoms with Crippen molar-refractivity contribution < 1.29 is 4.79 Å². The molecule has 0 amide bonds. The van der Waals surface area contributed by atoms with Crippen LogP contribution in [0.4, 0.5) is 0 Å².